The largest absolute Gasteiger partial charge is 0.324 e. The van der Waals surface area contributed by atoms with Crippen molar-refractivity contribution in [2.75, 3.05) is 16.8 Å². The molecule has 0 spiro atoms. The van der Waals surface area contributed by atoms with Crippen LogP contribution in [0.4, 0.5) is 23.1 Å². The molecule has 4 rings (SSSR count). The first-order valence-electron chi connectivity index (χ1n) is 7.37. The number of nitrogens with one attached hydrogen (secondary N) is 1. The van der Waals surface area contributed by atoms with Crippen molar-refractivity contribution in [2.24, 2.45) is 0 Å². The van der Waals surface area contributed by atoms with Crippen LogP contribution in [-0.4, -0.2) is 21.7 Å². The molecule has 0 bridgehead atoms. The van der Waals surface area contributed by atoms with E-state index >= 15 is 0 Å². The minimum Gasteiger partial charge on any atom is -0.324 e. The number of halogens is 1. The van der Waals surface area contributed by atoms with Crippen LogP contribution < -0.4 is 10.2 Å². The zero-order valence-corrected chi connectivity index (χ0v) is 13.9. The summed E-state index contributed by atoms with van der Waals surface area (Å²) in [5, 5.41) is 11.4. The van der Waals surface area contributed by atoms with Gasteiger partial charge in [0.2, 0.25) is 5.95 Å². The van der Waals surface area contributed by atoms with E-state index in [1.807, 2.05) is 30.3 Å². The minimum atomic E-state index is 0.495. The molecule has 23 heavy (non-hydrogen) atoms. The molecule has 2 aromatic carbocycles. The van der Waals surface area contributed by atoms with Crippen molar-refractivity contribution < 1.29 is 0 Å². The second-order valence-corrected chi connectivity index (χ2v) is 6.22. The molecule has 0 fully saturated rings. The first kappa shape index (κ1) is 14.1. The Hall–Kier alpha value is -2.47. The number of nitrogens with zero attached hydrogens (tertiary/aromatic N) is 4. The number of aromatic nitrogens is 3. The number of fused-ring (bicyclic) bond motifs is 1. The van der Waals surface area contributed by atoms with Crippen LogP contribution >= 0.6 is 15.9 Å². The third-order valence-electron chi connectivity index (χ3n) is 3.81. The van der Waals surface area contributed by atoms with Gasteiger partial charge in [-0.2, -0.15) is 10.1 Å². The molecule has 0 saturated carbocycles. The van der Waals surface area contributed by atoms with E-state index in [0.29, 0.717) is 5.95 Å². The Morgan fingerprint density at radius 1 is 1.04 bits per heavy atom. The highest BCUT2D eigenvalue weighted by Crippen LogP contribution is 2.33. The molecule has 0 unspecified atom stereocenters. The first-order valence-corrected chi connectivity index (χ1v) is 8.17. The standard InChI is InChI=1S/C17H14BrN5/c18-13-5-7-14(8-6-13)20-17-21-16(11-19-22-17)23-10-9-12-3-1-2-4-15(12)23/h1-8,11H,9-10H2,(H,20,21,22). The lowest BCUT2D eigenvalue weighted by Gasteiger charge is -2.18. The molecule has 1 aromatic heterocycles. The van der Waals surface area contributed by atoms with Crippen LogP contribution in [0.5, 0.6) is 0 Å². The van der Waals surface area contributed by atoms with Gasteiger partial charge in [-0.25, -0.2) is 0 Å². The van der Waals surface area contributed by atoms with Crippen LogP contribution in [0.15, 0.2) is 59.2 Å². The molecule has 1 aliphatic rings. The number of anilines is 4. The Balaban J connectivity index is 1.61. The average Bonchev–Trinajstić information content (AvgIpc) is 3.01. The van der Waals surface area contributed by atoms with Crippen LogP contribution in [0, 0.1) is 0 Å². The van der Waals surface area contributed by atoms with Crippen molar-refractivity contribution in [3.05, 3.63) is 64.8 Å². The van der Waals surface area contributed by atoms with Gasteiger partial charge in [0, 0.05) is 22.4 Å². The molecule has 0 saturated heterocycles. The highest BCUT2D eigenvalue weighted by Gasteiger charge is 2.21. The Bertz CT molecular complexity index is 834. The van der Waals surface area contributed by atoms with Crippen molar-refractivity contribution >= 4 is 39.1 Å². The second kappa shape index (κ2) is 5.96. The van der Waals surface area contributed by atoms with Gasteiger partial charge >= 0.3 is 0 Å². The molecular formula is C17H14BrN5. The monoisotopic (exact) mass is 367 g/mol. The number of para-hydroxylation sites is 1. The molecule has 0 aliphatic carbocycles. The summed E-state index contributed by atoms with van der Waals surface area (Å²) in [5.41, 5.74) is 3.46. The Labute approximate surface area is 142 Å². The fourth-order valence-corrected chi connectivity index (χ4v) is 2.98. The van der Waals surface area contributed by atoms with E-state index in [0.717, 1.165) is 28.9 Å². The topological polar surface area (TPSA) is 53.9 Å². The van der Waals surface area contributed by atoms with Gasteiger partial charge in [-0.05, 0) is 42.3 Å². The third kappa shape index (κ3) is 2.90. The normalized spacial score (nSPS) is 13.0. The van der Waals surface area contributed by atoms with Crippen LogP contribution in [0.25, 0.3) is 0 Å². The molecule has 0 radical (unpaired) electrons. The summed E-state index contributed by atoms with van der Waals surface area (Å²) < 4.78 is 1.03. The van der Waals surface area contributed by atoms with Gasteiger partial charge in [0.15, 0.2) is 5.82 Å². The van der Waals surface area contributed by atoms with Crippen molar-refractivity contribution in [3.8, 4) is 0 Å². The second-order valence-electron chi connectivity index (χ2n) is 5.30. The van der Waals surface area contributed by atoms with E-state index in [2.05, 4.69) is 59.5 Å². The maximum absolute atomic E-state index is 4.60. The summed E-state index contributed by atoms with van der Waals surface area (Å²) in [7, 11) is 0. The summed E-state index contributed by atoms with van der Waals surface area (Å²) in [5.74, 6) is 1.30. The van der Waals surface area contributed by atoms with E-state index in [1.54, 1.807) is 6.20 Å². The number of hydrogen-bond acceptors (Lipinski definition) is 5. The van der Waals surface area contributed by atoms with E-state index in [9.17, 15) is 0 Å². The fraction of sp³-hybridized carbons (Fsp3) is 0.118. The van der Waals surface area contributed by atoms with Gasteiger partial charge < -0.3 is 10.2 Å². The van der Waals surface area contributed by atoms with E-state index < -0.39 is 0 Å². The lowest BCUT2D eigenvalue weighted by atomic mass is 10.2. The van der Waals surface area contributed by atoms with Gasteiger partial charge in [-0.3, -0.25) is 0 Å². The minimum absolute atomic E-state index is 0.495. The molecule has 0 amide bonds. The molecular weight excluding hydrogens is 354 g/mol. The van der Waals surface area contributed by atoms with Crippen LogP contribution in [0.3, 0.4) is 0 Å². The number of rotatable bonds is 3. The zero-order valence-electron chi connectivity index (χ0n) is 12.3. The molecule has 5 nitrogen and oxygen atoms in total. The van der Waals surface area contributed by atoms with E-state index in [1.165, 1.54) is 11.3 Å². The van der Waals surface area contributed by atoms with Crippen LogP contribution in [0.1, 0.15) is 5.56 Å². The molecule has 2 heterocycles. The summed E-state index contributed by atoms with van der Waals surface area (Å²) in [6, 6.07) is 16.3. The maximum Gasteiger partial charge on any atom is 0.249 e. The maximum atomic E-state index is 4.60. The van der Waals surface area contributed by atoms with Crippen molar-refractivity contribution in [3.63, 3.8) is 0 Å². The number of benzene rings is 2. The van der Waals surface area contributed by atoms with Gasteiger partial charge in [0.1, 0.15) is 0 Å². The van der Waals surface area contributed by atoms with E-state index in [4.69, 9.17) is 0 Å². The molecule has 1 N–H and O–H groups in total. The van der Waals surface area contributed by atoms with E-state index in [-0.39, 0.29) is 0 Å². The van der Waals surface area contributed by atoms with Gasteiger partial charge in [-0.15, -0.1) is 5.10 Å². The molecule has 114 valence electrons. The van der Waals surface area contributed by atoms with Crippen LogP contribution in [0.2, 0.25) is 0 Å². The Kier molecular flexibility index (Phi) is 3.67. The summed E-state index contributed by atoms with van der Waals surface area (Å²) in [4.78, 5) is 6.78. The van der Waals surface area contributed by atoms with Crippen molar-refractivity contribution in [1.82, 2.24) is 15.2 Å². The van der Waals surface area contributed by atoms with Crippen LogP contribution in [-0.2, 0) is 6.42 Å². The average molecular weight is 368 g/mol. The predicted molar refractivity (Wildman–Crippen MR) is 94.4 cm³/mol. The van der Waals surface area contributed by atoms with Gasteiger partial charge in [0.25, 0.3) is 0 Å². The molecule has 1 aliphatic heterocycles. The SMILES string of the molecule is Brc1ccc(Nc2nncc(N3CCc4ccccc43)n2)cc1. The summed E-state index contributed by atoms with van der Waals surface area (Å²) in [6.07, 6.45) is 2.73. The quantitative estimate of drug-likeness (QED) is 0.755. The number of hydrogen-bond donors (Lipinski definition) is 1. The smallest absolute Gasteiger partial charge is 0.249 e. The Morgan fingerprint density at radius 2 is 1.87 bits per heavy atom. The van der Waals surface area contributed by atoms with Gasteiger partial charge in [0.05, 0.1) is 6.20 Å². The highest BCUT2D eigenvalue weighted by molar-refractivity contribution is 9.10. The first-order chi connectivity index (χ1) is 11.3. The van der Waals surface area contributed by atoms with Gasteiger partial charge in [-0.1, -0.05) is 34.1 Å². The molecule has 0 atom stereocenters. The lowest BCUT2D eigenvalue weighted by Crippen LogP contribution is -2.16. The van der Waals surface area contributed by atoms with Crippen molar-refractivity contribution in [2.45, 2.75) is 6.42 Å². The summed E-state index contributed by atoms with van der Waals surface area (Å²) in [6.45, 7) is 0.912. The third-order valence-corrected chi connectivity index (χ3v) is 4.34. The zero-order chi connectivity index (χ0) is 15.6. The Morgan fingerprint density at radius 3 is 2.74 bits per heavy atom. The fourth-order valence-electron chi connectivity index (χ4n) is 2.72. The lowest BCUT2D eigenvalue weighted by molar-refractivity contribution is 0.920. The van der Waals surface area contributed by atoms with Crippen molar-refractivity contribution in [1.29, 1.82) is 0 Å². The molecule has 3 aromatic rings. The predicted octanol–water partition coefficient (Wildman–Crippen LogP) is 4.07. The summed E-state index contributed by atoms with van der Waals surface area (Å²) >= 11 is 3.42. The highest BCUT2D eigenvalue weighted by atomic mass is 79.9. The molecule has 6 heteroatoms.